The van der Waals surface area contributed by atoms with Gasteiger partial charge in [0.25, 0.3) is 5.91 Å². The summed E-state index contributed by atoms with van der Waals surface area (Å²) < 4.78 is 13.0. The Bertz CT molecular complexity index is 686. The van der Waals surface area contributed by atoms with Crippen molar-refractivity contribution < 1.29 is 9.18 Å². The SMILES string of the molecule is Cc1ccccc1[C@@H]1CCN(C(=O)c2ccc(F)cc2)CCS1. The van der Waals surface area contributed by atoms with Crippen LogP contribution in [0.2, 0.25) is 0 Å². The van der Waals surface area contributed by atoms with Gasteiger partial charge in [0.2, 0.25) is 0 Å². The van der Waals surface area contributed by atoms with Crippen molar-refractivity contribution in [2.45, 2.75) is 18.6 Å². The second-order valence-corrected chi connectivity index (χ2v) is 7.11. The minimum absolute atomic E-state index is 0.00367. The molecule has 0 aliphatic carbocycles. The Balaban J connectivity index is 1.70. The Morgan fingerprint density at radius 1 is 1.13 bits per heavy atom. The number of thioether (sulfide) groups is 1. The van der Waals surface area contributed by atoms with E-state index < -0.39 is 0 Å². The molecule has 0 radical (unpaired) electrons. The van der Waals surface area contributed by atoms with Gasteiger partial charge in [-0.15, -0.1) is 0 Å². The lowest BCUT2D eigenvalue weighted by molar-refractivity contribution is 0.0766. The molecule has 1 aliphatic heterocycles. The number of nitrogens with zero attached hydrogens (tertiary/aromatic N) is 1. The van der Waals surface area contributed by atoms with Crippen molar-refractivity contribution in [2.24, 2.45) is 0 Å². The van der Waals surface area contributed by atoms with E-state index in [-0.39, 0.29) is 11.7 Å². The van der Waals surface area contributed by atoms with E-state index in [0.29, 0.717) is 10.8 Å². The van der Waals surface area contributed by atoms with Crippen LogP contribution in [0.1, 0.15) is 33.2 Å². The molecule has 1 saturated heterocycles. The molecule has 2 aromatic carbocycles. The van der Waals surface area contributed by atoms with Crippen molar-refractivity contribution in [3.05, 3.63) is 71.0 Å². The van der Waals surface area contributed by atoms with Gasteiger partial charge in [-0.1, -0.05) is 24.3 Å². The van der Waals surface area contributed by atoms with Gasteiger partial charge in [0.15, 0.2) is 0 Å². The first-order valence-corrected chi connectivity index (χ1v) is 8.92. The summed E-state index contributed by atoms with van der Waals surface area (Å²) in [6.45, 7) is 3.62. The molecular formula is C19H20FNOS. The summed E-state index contributed by atoms with van der Waals surface area (Å²) in [6.07, 6.45) is 0.947. The first-order valence-electron chi connectivity index (χ1n) is 7.87. The number of halogens is 1. The molecule has 23 heavy (non-hydrogen) atoms. The predicted molar refractivity (Wildman–Crippen MR) is 93.3 cm³/mol. The predicted octanol–water partition coefficient (Wildman–Crippen LogP) is 4.45. The average Bonchev–Trinajstić information content (AvgIpc) is 2.81. The maximum atomic E-state index is 13.0. The Morgan fingerprint density at radius 2 is 1.87 bits per heavy atom. The first kappa shape index (κ1) is 16.1. The Hall–Kier alpha value is -1.81. The highest BCUT2D eigenvalue weighted by Crippen LogP contribution is 2.36. The van der Waals surface area contributed by atoms with E-state index in [2.05, 4.69) is 31.2 Å². The molecule has 0 saturated carbocycles. The number of aryl methyl sites for hydroxylation is 1. The highest BCUT2D eigenvalue weighted by atomic mass is 32.2. The fraction of sp³-hybridized carbons (Fsp3) is 0.316. The number of hydrogen-bond donors (Lipinski definition) is 0. The van der Waals surface area contributed by atoms with Gasteiger partial charge in [-0.05, 0) is 48.7 Å². The molecule has 0 unspecified atom stereocenters. The van der Waals surface area contributed by atoms with Crippen molar-refractivity contribution in [1.82, 2.24) is 4.90 Å². The van der Waals surface area contributed by atoms with Gasteiger partial charge in [0, 0.05) is 29.7 Å². The minimum atomic E-state index is -0.312. The number of carbonyl (C=O) groups excluding carboxylic acids is 1. The fourth-order valence-electron chi connectivity index (χ4n) is 2.94. The zero-order chi connectivity index (χ0) is 16.2. The van der Waals surface area contributed by atoms with Gasteiger partial charge in [0.1, 0.15) is 5.82 Å². The van der Waals surface area contributed by atoms with Gasteiger partial charge in [-0.3, -0.25) is 4.79 Å². The van der Waals surface area contributed by atoms with Crippen LogP contribution < -0.4 is 0 Å². The minimum Gasteiger partial charge on any atom is -0.338 e. The van der Waals surface area contributed by atoms with Gasteiger partial charge >= 0.3 is 0 Å². The molecule has 1 heterocycles. The summed E-state index contributed by atoms with van der Waals surface area (Å²) >= 11 is 1.92. The molecule has 0 aromatic heterocycles. The van der Waals surface area contributed by atoms with E-state index in [0.717, 1.165) is 25.3 Å². The summed E-state index contributed by atoms with van der Waals surface area (Å²) in [6, 6.07) is 14.3. The number of hydrogen-bond acceptors (Lipinski definition) is 2. The normalized spacial score (nSPS) is 18.5. The van der Waals surface area contributed by atoms with Gasteiger partial charge < -0.3 is 4.90 Å². The van der Waals surface area contributed by atoms with Crippen LogP contribution in [-0.4, -0.2) is 29.6 Å². The molecule has 120 valence electrons. The standard InChI is InChI=1S/C19H20FNOS/c1-14-4-2-3-5-17(14)18-10-11-21(12-13-23-18)19(22)15-6-8-16(20)9-7-15/h2-9,18H,10-13H2,1H3/t18-/m0/s1. The van der Waals surface area contributed by atoms with Crippen LogP contribution in [-0.2, 0) is 0 Å². The summed E-state index contributed by atoms with van der Waals surface area (Å²) in [5.41, 5.74) is 3.24. The van der Waals surface area contributed by atoms with E-state index in [1.54, 1.807) is 12.1 Å². The van der Waals surface area contributed by atoms with Crippen molar-refractivity contribution >= 4 is 17.7 Å². The van der Waals surface area contributed by atoms with Gasteiger partial charge in [0.05, 0.1) is 0 Å². The largest absolute Gasteiger partial charge is 0.338 e. The number of rotatable bonds is 2. The third-order valence-electron chi connectivity index (χ3n) is 4.26. The van der Waals surface area contributed by atoms with Crippen LogP contribution in [0.3, 0.4) is 0 Å². The molecule has 2 nitrogen and oxygen atoms in total. The lowest BCUT2D eigenvalue weighted by Crippen LogP contribution is -2.32. The van der Waals surface area contributed by atoms with Crippen LogP contribution in [0.15, 0.2) is 48.5 Å². The zero-order valence-corrected chi connectivity index (χ0v) is 14.0. The Morgan fingerprint density at radius 3 is 2.61 bits per heavy atom. The molecular weight excluding hydrogens is 309 g/mol. The highest BCUT2D eigenvalue weighted by Gasteiger charge is 2.23. The lowest BCUT2D eigenvalue weighted by atomic mass is 10.0. The summed E-state index contributed by atoms with van der Waals surface area (Å²) in [7, 11) is 0. The lowest BCUT2D eigenvalue weighted by Gasteiger charge is -2.20. The Labute approximate surface area is 140 Å². The van der Waals surface area contributed by atoms with Crippen LogP contribution in [0, 0.1) is 12.7 Å². The second kappa shape index (κ2) is 7.18. The summed E-state index contributed by atoms with van der Waals surface area (Å²) in [5, 5.41) is 0.433. The van der Waals surface area contributed by atoms with Crippen molar-refractivity contribution in [2.75, 3.05) is 18.8 Å². The molecule has 0 bridgehead atoms. The number of carbonyl (C=O) groups is 1. The van der Waals surface area contributed by atoms with Crippen LogP contribution in [0.25, 0.3) is 0 Å². The third kappa shape index (κ3) is 3.75. The highest BCUT2D eigenvalue weighted by molar-refractivity contribution is 7.99. The molecule has 0 spiro atoms. The third-order valence-corrected chi connectivity index (χ3v) is 5.57. The quantitative estimate of drug-likeness (QED) is 0.811. The first-order chi connectivity index (χ1) is 11.1. The van der Waals surface area contributed by atoms with Gasteiger partial charge in [-0.2, -0.15) is 11.8 Å². The van der Waals surface area contributed by atoms with Crippen LogP contribution >= 0.6 is 11.8 Å². The van der Waals surface area contributed by atoms with Crippen molar-refractivity contribution in [3.8, 4) is 0 Å². The molecule has 1 atom stereocenters. The topological polar surface area (TPSA) is 20.3 Å². The smallest absolute Gasteiger partial charge is 0.253 e. The molecule has 2 aromatic rings. The number of amides is 1. The molecule has 3 rings (SSSR count). The molecule has 4 heteroatoms. The Kier molecular flexibility index (Phi) is 5.01. The van der Waals surface area contributed by atoms with Crippen molar-refractivity contribution in [1.29, 1.82) is 0 Å². The summed E-state index contributed by atoms with van der Waals surface area (Å²) in [5.74, 6) is 0.606. The molecule has 1 aliphatic rings. The maximum absolute atomic E-state index is 13.0. The maximum Gasteiger partial charge on any atom is 0.253 e. The monoisotopic (exact) mass is 329 g/mol. The van der Waals surface area contributed by atoms with E-state index in [4.69, 9.17) is 0 Å². The van der Waals surface area contributed by atoms with E-state index >= 15 is 0 Å². The van der Waals surface area contributed by atoms with E-state index in [1.165, 1.54) is 23.3 Å². The van der Waals surface area contributed by atoms with Crippen LogP contribution in [0.4, 0.5) is 4.39 Å². The van der Waals surface area contributed by atoms with E-state index in [9.17, 15) is 9.18 Å². The van der Waals surface area contributed by atoms with Crippen molar-refractivity contribution in [3.63, 3.8) is 0 Å². The number of benzene rings is 2. The average molecular weight is 329 g/mol. The fourth-order valence-corrected chi connectivity index (χ4v) is 4.27. The molecule has 1 amide bonds. The van der Waals surface area contributed by atoms with Gasteiger partial charge in [-0.25, -0.2) is 4.39 Å². The van der Waals surface area contributed by atoms with E-state index in [1.807, 2.05) is 16.7 Å². The zero-order valence-electron chi connectivity index (χ0n) is 13.2. The van der Waals surface area contributed by atoms with Crippen LogP contribution in [0.5, 0.6) is 0 Å². The molecule has 0 N–H and O–H groups in total. The molecule has 1 fully saturated rings. The summed E-state index contributed by atoms with van der Waals surface area (Å²) in [4.78, 5) is 14.5. The second-order valence-electron chi connectivity index (χ2n) is 5.80.